The molecule has 34 heavy (non-hydrogen) atoms. The molecule has 3 aliphatic heterocycles. The first-order valence-electron chi connectivity index (χ1n) is 11.0. The zero-order valence-corrected chi connectivity index (χ0v) is 18.4. The fraction of sp³-hybridized carbons (Fsp3) is 0.500. The minimum Gasteiger partial charge on any atom is -0.465 e. The number of benzene rings is 1. The Hall–Kier alpha value is -3.28. The van der Waals surface area contributed by atoms with Crippen molar-refractivity contribution in [1.82, 2.24) is 9.55 Å². The average molecular weight is 479 g/mol. The largest absolute Gasteiger partial charge is 0.465 e. The first-order chi connectivity index (χ1) is 16.0. The summed E-state index contributed by atoms with van der Waals surface area (Å²) in [5, 5.41) is 11.0. The van der Waals surface area contributed by atoms with Gasteiger partial charge in [0.25, 0.3) is 5.56 Å². The Labute approximate surface area is 192 Å². The Morgan fingerprint density at radius 2 is 2.06 bits per heavy atom. The third-order valence-corrected chi connectivity index (χ3v) is 6.91. The van der Waals surface area contributed by atoms with Crippen molar-refractivity contribution in [2.24, 2.45) is 0 Å². The first-order valence-corrected chi connectivity index (χ1v) is 11.0. The molecule has 0 radical (unpaired) electrons. The van der Waals surface area contributed by atoms with Crippen molar-refractivity contribution in [2.75, 3.05) is 34.8 Å². The summed E-state index contributed by atoms with van der Waals surface area (Å²) >= 11 is 0. The van der Waals surface area contributed by atoms with E-state index in [0.29, 0.717) is 24.7 Å². The maximum Gasteiger partial charge on any atom is 0.413 e. The third-order valence-electron chi connectivity index (χ3n) is 6.91. The summed E-state index contributed by atoms with van der Waals surface area (Å²) in [5.41, 5.74) is -1.70. The van der Waals surface area contributed by atoms with Gasteiger partial charge in [-0.15, -0.1) is 0 Å². The molecule has 0 unspecified atom stereocenters. The monoisotopic (exact) mass is 479 g/mol. The predicted molar refractivity (Wildman–Crippen MR) is 118 cm³/mol. The number of halogens is 3. The summed E-state index contributed by atoms with van der Waals surface area (Å²) in [6.07, 6.45) is -4.67. The van der Waals surface area contributed by atoms with Crippen molar-refractivity contribution in [1.29, 1.82) is 0 Å². The number of nitrogens with zero attached hydrogens (tertiary/aromatic N) is 4. The Morgan fingerprint density at radius 3 is 2.65 bits per heavy atom. The molecule has 2 fully saturated rings. The van der Waals surface area contributed by atoms with Gasteiger partial charge in [-0.25, -0.2) is 4.79 Å². The highest BCUT2D eigenvalue weighted by molar-refractivity contribution is 5.82. The number of hydrogen-bond donors (Lipinski definition) is 2. The maximum absolute atomic E-state index is 14.2. The lowest BCUT2D eigenvalue weighted by Crippen LogP contribution is -2.56. The smallest absolute Gasteiger partial charge is 0.413 e. The van der Waals surface area contributed by atoms with E-state index in [1.165, 1.54) is 11.0 Å². The van der Waals surface area contributed by atoms with Gasteiger partial charge in [0, 0.05) is 24.8 Å². The number of rotatable bonds is 5. The third kappa shape index (κ3) is 3.75. The summed E-state index contributed by atoms with van der Waals surface area (Å²) in [6.45, 7) is 1.61. The van der Waals surface area contributed by atoms with Crippen LogP contribution in [0.15, 0.2) is 35.1 Å². The highest BCUT2D eigenvalue weighted by atomic mass is 19.4. The summed E-state index contributed by atoms with van der Waals surface area (Å²) in [7, 11) is 0. The van der Waals surface area contributed by atoms with Crippen molar-refractivity contribution in [3.63, 3.8) is 0 Å². The minimum absolute atomic E-state index is 0.00943. The Morgan fingerprint density at radius 1 is 1.32 bits per heavy atom. The van der Waals surface area contributed by atoms with Crippen molar-refractivity contribution < 1.29 is 27.8 Å². The van der Waals surface area contributed by atoms with Gasteiger partial charge in [-0.2, -0.15) is 18.2 Å². The fourth-order valence-corrected chi connectivity index (χ4v) is 4.99. The molecule has 2 saturated heterocycles. The zero-order valence-electron chi connectivity index (χ0n) is 18.4. The Balaban J connectivity index is 1.45. The van der Waals surface area contributed by atoms with Gasteiger partial charge in [-0.05, 0) is 37.5 Å². The first kappa shape index (κ1) is 22.5. The standard InChI is InChI=1S/C22H24F3N5O4/c1-21(22(23,24)25)12-29-18(31)9-17(28-10-16-8-15(28)11-34-16)27-19(29)30(21)7-6-13-2-4-14(5-3-13)26-20(32)33/h2-5,9,15-16,26H,6-8,10-12H2,1H3,(H,32,33)/t15-,16-,21-/m0/s1. The molecule has 3 atom stereocenters. The van der Waals surface area contributed by atoms with E-state index in [-0.39, 0.29) is 31.1 Å². The number of anilines is 3. The number of ether oxygens (including phenoxy) is 1. The normalized spacial score (nSPS) is 25.6. The van der Waals surface area contributed by atoms with Crippen LogP contribution in [0.25, 0.3) is 0 Å². The molecule has 1 aromatic carbocycles. The molecule has 4 heterocycles. The number of hydrogen-bond acceptors (Lipinski definition) is 6. The van der Waals surface area contributed by atoms with Crippen LogP contribution in [0, 0.1) is 0 Å². The molecule has 182 valence electrons. The number of carbonyl (C=O) groups is 1. The van der Waals surface area contributed by atoms with E-state index in [2.05, 4.69) is 10.3 Å². The van der Waals surface area contributed by atoms with Crippen molar-refractivity contribution >= 4 is 23.5 Å². The highest BCUT2D eigenvalue weighted by Gasteiger charge is 2.59. The Kier molecular flexibility index (Phi) is 5.23. The van der Waals surface area contributed by atoms with Gasteiger partial charge in [0.1, 0.15) is 5.82 Å². The lowest BCUT2D eigenvalue weighted by atomic mass is 10.00. The van der Waals surface area contributed by atoms with E-state index in [4.69, 9.17) is 9.84 Å². The second-order valence-corrected chi connectivity index (χ2v) is 9.14. The van der Waals surface area contributed by atoms with Gasteiger partial charge in [0.15, 0.2) is 5.54 Å². The van der Waals surface area contributed by atoms with E-state index < -0.39 is 29.9 Å². The van der Waals surface area contributed by atoms with Crippen molar-refractivity contribution in [2.45, 2.75) is 50.2 Å². The summed E-state index contributed by atoms with van der Waals surface area (Å²) in [6, 6.07) is 7.81. The SMILES string of the molecule is C[C@@]1(C(F)(F)F)Cn2c(nc(N3C[C@@H]4C[C@H]3CO4)cc2=O)N1CCc1ccc(NC(=O)O)cc1. The molecule has 0 aliphatic carbocycles. The van der Waals surface area contributed by atoms with Crippen LogP contribution in [0.2, 0.25) is 0 Å². The number of nitrogens with one attached hydrogen (secondary N) is 1. The van der Waals surface area contributed by atoms with E-state index in [1.54, 1.807) is 24.3 Å². The van der Waals surface area contributed by atoms with Gasteiger partial charge in [-0.1, -0.05) is 12.1 Å². The van der Waals surface area contributed by atoms with Gasteiger partial charge >= 0.3 is 12.3 Å². The molecular formula is C22H24F3N5O4. The van der Waals surface area contributed by atoms with Crippen molar-refractivity contribution in [3.05, 3.63) is 46.2 Å². The maximum atomic E-state index is 14.2. The summed E-state index contributed by atoms with van der Waals surface area (Å²) < 4.78 is 49.4. The van der Waals surface area contributed by atoms with E-state index >= 15 is 0 Å². The molecule has 2 N–H and O–H groups in total. The topological polar surface area (TPSA) is 99.9 Å². The molecule has 1 aromatic heterocycles. The zero-order chi connectivity index (χ0) is 24.3. The minimum atomic E-state index is -4.59. The number of fused-ring (bicyclic) bond motifs is 3. The molecule has 12 heteroatoms. The summed E-state index contributed by atoms with van der Waals surface area (Å²) in [5.74, 6) is 0.391. The molecule has 3 aliphatic rings. The molecule has 9 nitrogen and oxygen atoms in total. The van der Waals surface area contributed by atoms with E-state index in [9.17, 15) is 22.8 Å². The molecule has 2 aromatic rings. The molecular weight excluding hydrogens is 455 g/mol. The second-order valence-electron chi connectivity index (χ2n) is 9.14. The van der Waals surface area contributed by atoms with Crippen molar-refractivity contribution in [3.8, 4) is 0 Å². The lowest BCUT2D eigenvalue weighted by Gasteiger charge is -2.37. The van der Waals surface area contributed by atoms with Crippen LogP contribution in [0.5, 0.6) is 0 Å². The molecule has 5 rings (SSSR count). The Bertz CT molecular complexity index is 1170. The van der Waals surface area contributed by atoms with Gasteiger partial charge in [0.05, 0.1) is 25.3 Å². The lowest BCUT2D eigenvalue weighted by molar-refractivity contribution is -0.182. The number of amides is 1. The quantitative estimate of drug-likeness (QED) is 0.680. The van der Waals surface area contributed by atoms with Crippen LogP contribution in [0.3, 0.4) is 0 Å². The van der Waals surface area contributed by atoms with Gasteiger partial charge in [-0.3, -0.25) is 14.7 Å². The number of morpholine rings is 1. The van der Waals surface area contributed by atoms with Crippen LogP contribution in [0.4, 0.5) is 35.4 Å². The van der Waals surface area contributed by atoms with Crippen LogP contribution in [-0.2, 0) is 17.7 Å². The average Bonchev–Trinajstić information content (AvgIpc) is 3.46. The van der Waals surface area contributed by atoms with Crippen LogP contribution >= 0.6 is 0 Å². The molecule has 2 bridgehead atoms. The van der Waals surface area contributed by atoms with Crippen LogP contribution in [0.1, 0.15) is 18.9 Å². The van der Waals surface area contributed by atoms with Crippen LogP contribution < -0.4 is 20.7 Å². The molecule has 1 amide bonds. The van der Waals surface area contributed by atoms with E-state index in [1.807, 2.05) is 4.90 Å². The number of alkyl halides is 3. The number of aromatic nitrogens is 2. The van der Waals surface area contributed by atoms with Gasteiger partial charge < -0.3 is 19.6 Å². The molecule has 0 spiro atoms. The van der Waals surface area contributed by atoms with E-state index in [0.717, 1.165) is 23.5 Å². The summed E-state index contributed by atoms with van der Waals surface area (Å²) in [4.78, 5) is 31.3. The predicted octanol–water partition coefficient (Wildman–Crippen LogP) is 2.69. The van der Waals surface area contributed by atoms with Crippen LogP contribution in [-0.4, -0.2) is 64.3 Å². The molecule has 0 saturated carbocycles. The highest BCUT2D eigenvalue weighted by Crippen LogP contribution is 2.43. The fourth-order valence-electron chi connectivity index (χ4n) is 4.99. The second kappa shape index (κ2) is 7.90. The number of carboxylic acid groups (broad SMARTS) is 1. The van der Waals surface area contributed by atoms with Gasteiger partial charge in [0.2, 0.25) is 5.95 Å².